The number of hydrogen-bond donors (Lipinski definition) is 1. The maximum atomic E-state index is 13.9. The van der Waals surface area contributed by atoms with Crippen molar-refractivity contribution in [1.29, 1.82) is 0 Å². The molecule has 4 atom stereocenters. The van der Waals surface area contributed by atoms with Crippen molar-refractivity contribution in [3.63, 3.8) is 0 Å². The molecule has 7 heteroatoms. The number of ether oxygens (including phenoxy) is 2. The largest absolute Gasteiger partial charge is 0.468 e. The molecule has 0 heterocycles. The fraction of sp³-hybridized carbons (Fsp3) is 0.696. The van der Waals surface area contributed by atoms with E-state index in [2.05, 4.69) is 38.0 Å². The van der Waals surface area contributed by atoms with E-state index < -0.39 is 19.5 Å². The molecule has 6 nitrogen and oxygen atoms in total. The Balaban J connectivity index is 2.45. The Morgan fingerprint density at radius 3 is 2.33 bits per heavy atom. The maximum absolute atomic E-state index is 13.9. The molecule has 0 aliphatic heterocycles. The van der Waals surface area contributed by atoms with E-state index in [1.54, 1.807) is 6.92 Å². The number of para-hydroxylation sites is 1. The van der Waals surface area contributed by atoms with Crippen molar-refractivity contribution in [3.8, 4) is 5.75 Å². The van der Waals surface area contributed by atoms with Crippen molar-refractivity contribution >= 4 is 13.5 Å². The zero-order valence-electron chi connectivity index (χ0n) is 19.4. The summed E-state index contributed by atoms with van der Waals surface area (Å²) in [7, 11) is -2.23. The van der Waals surface area contributed by atoms with Gasteiger partial charge < -0.3 is 14.0 Å². The fourth-order valence-corrected chi connectivity index (χ4v) is 5.38. The lowest BCUT2D eigenvalue weighted by molar-refractivity contribution is -0.142. The van der Waals surface area contributed by atoms with Crippen LogP contribution in [0.5, 0.6) is 5.75 Å². The molecule has 0 aromatic heterocycles. The molecule has 1 aromatic rings. The van der Waals surface area contributed by atoms with Crippen molar-refractivity contribution in [2.24, 2.45) is 5.92 Å². The molecule has 0 amide bonds. The average molecular weight is 440 g/mol. The van der Waals surface area contributed by atoms with Crippen LogP contribution in [0, 0.1) is 5.92 Å². The lowest BCUT2D eigenvalue weighted by Crippen LogP contribution is -2.35. The zero-order chi connectivity index (χ0) is 22.5. The van der Waals surface area contributed by atoms with Crippen molar-refractivity contribution in [2.45, 2.75) is 84.8 Å². The number of nitrogens with one attached hydrogen (secondary N) is 1. The fourth-order valence-electron chi connectivity index (χ4n) is 3.50. The van der Waals surface area contributed by atoms with Gasteiger partial charge in [-0.15, -0.1) is 0 Å². The van der Waals surface area contributed by atoms with Crippen LogP contribution < -0.4 is 9.61 Å². The van der Waals surface area contributed by atoms with Crippen LogP contribution in [0.1, 0.15) is 83.8 Å². The molecule has 0 spiro atoms. The highest BCUT2D eigenvalue weighted by atomic mass is 31.2. The predicted octanol–water partition coefficient (Wildman–Crippen LogP) is 5.82. The van der Waals surface area contributed by atoms with Gasteiger partial charge in [-0.1, -0.05) is 39.0 Å². The Kier molecular flexibility index (Phi) is 8.96. The average Bonchev–Trinajstić information content (AvgIpc) is 3.56. The molecule has 1 aromatic carbocycles. The summed E-state index contributed by atoms with van der Waals surface area (Å²) in [6.07, 6.45) is 3.11. The molecule has 2 rings (SSSR count). The summed E-state index contributed by atoms with van der Waals surface area (Å²) in [6.45, 7) is 11.9. The van der Waals surface area contributed by atoms with Crippen LogP contribution >= 0.6 is 7.52 Å². The molecule has 1 fully saturated rings. The lowest BCUT2D eigenvalue weighted by atomic mass is 9.89. The Bertz CT molecular complexity index is 762. The smallest absolute Gasteiger partial charge is 0.342 e. The van der Waals surface area contributed by atoms with Crippen molar-refractivity contribution in [1.82, 2.24) is 5.09 Å². The molecular weight excluding hydrogens is 401 g/mol. The van der Waals surface area contributed by atoms with Crippen LogP contribution in [0.2, 0.25) is 0 Å². The number of rotatable bonds is 12. The van der Waals surface area contributed by atoms with Crippen molar-refractivity contribution in [3.05, 3.63) is 29.3 Å². The van der Waals surface area contributed by atoms with E-state index in [0.717, 1.165) is 17.5 Å². The van der Waals surface area contributed by atoms with Crippen LogP contribution in [0.3, 0.4) is 0 Å². The third-order valence-corrected chi connectivity index (χ3v) is 7.55. The summed E-state index contributed by atoms with van der Waals surface area (Å²) in [5.41, 5.74) is 2.12. The zero-order valence-corrected chi connectivity index (χ0v) is 20.3. The van der Waals surface area contributed by atoms with Crippen molar-refractivity contribution < 1.29 is 23.4 Å². The van der Waals surface area contributed by atoms with Crippen molar-refractivity contribution in [2.75, 3.05) is 13.5 Å². The number of methoxy groups -OCH3 is 1. The van der Waals surface area contributed by atoms with E-state index in [1.165, 1.54) is 20.0 Å². The first-order valence-electron chi connectivity index (χ1n) is 11.0. The van der Waals surface area contributed by atoms with Gasteiger partial charge in [0, 0.05) is 0 Å². The maximum Gasteiger partial charge on any atom is 0.342 e. The second kappa shape index (κ2) is 10.8. The van der Waals surface area contributed by atoms with Gasteiger partial charge in [-0.05, 0) is 68.9 Å². The number of esters is 1. The molecule has 1 aliphatic rings. The minimum atomic E-state index is -3.54. The van der Waals surface area contributed by atoms with E-state index in [-0.39, 0.29) is 18.4 Å². The highest BCUT2D eigenvalue weighted by Gasteiger charge is 2.36. The second-order valence-corrected chi connectivity index (χ2v) is 10.7. The first kappa shape index (κ1) is 24.9. The topological polar surface area (TPSA) is 73.9 Å². The molecule has 1 aliphatic carbocycles. The van der Waals surface area contributed by atoms with Crippen LogP contribution in [0.15, 0.2) is 18.2 Å². The molecule has 1 N–H and O–H groups in total. The molecule has 0 bridgehead atoms. The molecular formula is C23H38NO5P. The standard InChI is InChI=1S/C23H38NO5P/c1-8-16(4)20-10-9-11-21(17(5)19-12-13-19)22(20)29-30(26,14-28-15(2)3)24-18(6)23(25)27-7/h9-11,15-19H,8,12-14H2,1-7H3,(H,24,26)/t16?,17-,18+,30?/m1/s1. The van der Waals surface area contributed by atoms with Gasteiger partial charge in [0.1, 0.15) is 18.1 Å². The third kappa shape index (κ3) is 6.57. The summed E-state index contributed by atoms with van der Waals surface area (Å²) in [5.74, 6) is 1.38. The van der Waals surface area contributed by atoms with E-state index in [4.69, 9.17) is 14.0 Å². The molecule has 1 saturated carbocycles. The van der Waals surface area contributed by atoms with Gasteiger partial charge in [0.25, 0.3) is 0 Å². The summed E-state index contributed by atoms with van der Waals surface area (Å²) in [5, 5.41) is 2.88. The van der Waals surface area contributed by atoms with Crippen LogP contribution in [-0.2, 0) is 18.8 Å². The first-order chi connectivity index (χ1) is 14.1. The Labute approximate surface area is 181 Å². The Morgan fingerprint density at radius 1 is 1.17 bits per heavy atom. The second-order valence-electron chi connectivity index (χ2n) is 8.68. The number of carbonyl (C=O) groups excluding carboxylic acids is 1. The van der Waals surface area contributed by atoms with Crippen LogP contribution in [-0.4, -0.2) is 31.6 Å². The van der Waals surface area contributed by atoms with Gasteiger partial charge in [-0.2, -0.15) is 0 Å². The highest BCUT2D eigenvalue weighted by molar-refractivity contribution is 7.57. The summed E-state index contributed by atoms with van der Waals surface area (Å²) in [4.78, 5) is 12.0. The number of carbonyl (C=O) groups is 1. The van der Waals surface area contributed by atoms with Gasteiger partial charge in [0.15, 0.2) is 0 Å². The van der Waals surface area contributed by atoms with Gasteiger partial charge in [-0.25, -0.2) is 5.09 Å². The predicted molar refractivity (Wildman–Crippen MR) is 120 cm³/mol. The summed E-state index contributed by atoms with van der Waals surface area (Å²) in [6, 6.07) is 5.39. The van der Waals surface area contributed by atoms with E-state index in [1.807, 2.05) is 19.9 Å². The number of hydrogen-bond acceptors (Lipinski definition) is 5. The van der Waals surface area contributed by atoms with E-state index in [0.29, 0.717) is 17.6 Å². The normalized spacial score (nSPS) is 19.1. The highest BCUT2D eigenvalue weighted by Crippen LogP contribution is 2.52. The minimum Gasteiger partial charge on any atom is -0.468 e. The van der Waals surface area contributed by atoms with Gasteiger partial charge in [-0.3, -0.25) is 9.36 Å². The van der Waals surface area contributed by atoms with Crippen LogP contribution in [0.25, 0.3) is 0 Å². The lowest BCUT2D eigenvalue weighted by Gasteiger charge is -2.28. The molecule has 0 radical (unpaired) electrons. The third-order valence-electron chi connectivity index (χ3n) is 5.80. The summed E-state index contributed by atoms with van der Waals surface area (Å²) < 4.78 is 30.7. The molecule has 0 saturated heterocycles. The van der Waals surface area contributed by atoms with E-state index in [9.17, 15) is 9.36 Å². The molecule has 2 unspecified atom stereocenters. The summed E-state index contributed by atoms with van der Waals surface area (Å²) >= 11 is 0. The number of benzene rings is 1. The quantitative estimate of drug-likeness (QED) is 0.327. The van der Waals surface area contributed by atoms with E-state index >= 15 is 0 Å². The Morgan fingerprint density at radius 2 is 1.80 bits per heavy atom. The minimum absolute atomic E-state index is 0.119. The van der Waals surface area contributed by atoms with Gasteiger partial charge in [0.2, 0.25) is 0 Å². The SMILES string of the molecule is CCC(C)c1cccc([C@H](C)C2CC2)c1OP(=O)(COC(C)C)N[C@@H](C)C(=O)OC. The molecule has 30 heavy (non-hydrogen) atoms. The first-order valence-corrected chi connectivity index (χ1v) is 12.8. The Hall–Kier alpha value is -1.36. The monoisotopic (exact) mass is 439 g/mol. The van der Waals surface area contributed by atoms with Gasteiger partial charge in [0.05, 0.1) is 13.2 Å². The van der Waals surface area contributed by atoms with Crippen LogP contribution in [0.4, 0.5) is 0 Å². The molecule has 170 valence electrons. The van der Waals surface area contributed by atoms with Gasteiger partial charge >= 0.3 is 13.5 Å².